The Labute approximate surface area is 105 Å². The van der Waals surface area contributed by atoms with Gasteiger partial charge in [-0.3, -0.25) is 10.8 Å². The number of rotatable bonds is 4. The van der Waals surface area contributed by atoms with E-state index >= 15 is 0 Å². The van der Waals surface area contributed by atoms with Crippen LogP contribution in [0.25, 0.3) is 0 Å². The van der Waals surface area contributed by atoms with E-state index in [4.69, 9.17) is 10.6 Å². The quantitative estimate of drug-likeness (QED) is 0.643. The van der Waals surface area contributed by atoms with Gasteiger partial charge in [-0.15, -0.1) is 0 Å². The first kappa shape index (κ1) is 12.3. The summed E-state index contributed by atoms with van der Waals surface area (Å²) < 4.78 is 18.6. The van der Waals surface area contributed by atoms with Crippen molar-refractivity contribution in [3.8, 4) is 5.75 Å². The molecule has 1 aromatic carbocycles. The molecule has 5 heteroatoms. The number of pyridine rings is 1. The summed E-state index contributed by atoms with van der Waals surface area (Å²) in [6.45, 7) is 2.00. The van der Waals surface area contributed by atoms with E-state index in [9.17, 15) is 4.39 Å². The normalized spacial score (nSPS) is 10.2. The molecule has 0 saturated carbocycles. The SMILES string of the molecule is Cc1cc(OCc2cc(NN)ccn2)ccc1F. The highest BCUT2D eigenvalue weighted by molar-refractivity contribution is 5.41. The van der Waals surface area contributed by atoms with Crippen molar-refractivity contribution < 1.29 is 9.13 Å². The topological polar surface area (TPSA) is 60.2 Å². The van der Waals surface area contributed by atoms with E-state index in [2.05, 4.69) is 10.4 Å². The van der Waals surface area contributed by atoms with Crippen molar-refractivity contribution in [3.63, 3.8) is 0 Å². The first-order valence-electron chi connectivity index (χ1n) is 5.49. The number of hydrogen-bond acceptors (Lipinski definition) is 4. The van der Waals surface area contributed by atoms with Gasteiger partial charge in [-0.25, -0.2) is 4.39 Å². The van der Waals surface area contributed by atoms with Gasteiger partial charge >= 0.3 is 0 Å². The smallest absolute Gasteiger partial charge is 0.130 e. The van der Waals surface area contributed by atoms with Crippen LogP contribution in [0.1, 0.15) is 11.3 Å². The standard InChI is InChI=1S/C13H14FN3O/c1-9-6-12(2-3-13(9)14)18-8-11-7-10(17-15)4-5-16-11/h2-7H,8,15H2,1H3,(H,16,17). The van der Waals surface area contributed by atoms with Crippen molar-refractivity contribution in [3.05, 3.63) is 53.6 Å². The summed E-state index contributed by atoms with van der Waals surface area (Å²) in [5, 5.41) is 0. The van der Waals surface area contributed by atoms with E-state index in [1.165, 1.54) is 6.07 Å². The monoisotopic (exact) mass is 247 g/mol. The first-order chi connectivity index (χ1) is 8.69. The lowest BCUT2D eigenvalue weighted by Crippen LogP contribution is -2.08. The zero-order chi connectivity index (χ0) is 13.0. The van der Waals surface area contributed by atoms with Crippen molar-refractivity contribution >= 4 is 5.69 Å². The molecule has 0 aliphatic carbocycles. The Morgan fingerprint density at radius 1 is 1.33 bits per heavy atom. The summed E-state index contributed by atoms with van der Waals surface area (Å²) in [4.78, 5) is 4.15. The molecule has 0 aliphatic heterocycles. The third kappa shape index (κ3) is 2.95. The molecule has 0 aliphatic rings. The van der Waals surface area contributed by atoms with Crippen LogP contribution in [0.4, 0.5) is 10.1 Å². The van der Waals surface area contributed by atoms with Crippen LogP contribution >= 0.6 is 0 Å². The number of aryl methyl sites for hydroxylation is 1. The summed E-state index contributed by atoms with van der Waals surface area (Å²) >= 11 is 0. The third-order valence-electron chi connectivity index (χ3n) is 2.50. The zero-order valence-electron chi connectivity index (χ0n) is 9.98. The van der Waals surface area contributed by atoms with E-state index in [0.717, 1.165) is 11.4 Å². The highest BCUT2D eigenvalue weighted by atomic mass is 19.1. The molecular formula is C13H14FN3O. The van der Waals surface area contributed by atoms with Crippen molar-refractivity contribution in [1.29, 1.82) is 0 Å². The van der Waals surface area contributed by atoms with Gasteiger partial charge < -0.3 is 10.2 Å². The second-order valence-corrected chi connectivity index (χ2v) is 3.88. The van der Waals surface area contributed by atoms with Crippen LogP contribution in [-0.4, -0.2) is 4.98 Å². The molecule has 0 bridgehead atoms. The summed E-state index contributed by atoms with van der Waals surface area (Å²) in [5.41, 5.74) is 4.60. The van der Waals surface area contributed by atoms with Crippen LogP contribution in [0.2, 0.25) is 0 Å². The lowest BCUT2D eigenvalue weighted by molar-refractivity contribution is 0.300. The van der Waals surface area contributed by atoms with Crippen LogP contribution in [0.3, 0.4) is 0 Å². The number of nitrogens with two attached hydrogens (primary N) is 1. The maximum atomic E-state index is 13.1. The molecule has 2 rings (SSSR count). The molecule has 2 aromatic rings. The Hall–Kier alpha value is -2.14. The molecule has 0 atom stereocenters. The number of benzene rings is 1. The fourth-order valence-electron chi connectivity index (χ4n) is 1.51. The second kappa shape index (κ2) is 5.46. The van der Waals surface area contributed by atoms with Gasteiger partial charge in [-0.2, -0.15) is 0 Å². The summed E-state index contributed by atoms with van der Waals surface area (Å²) in [5.74, 6) is 5.67. The molecule has 1 aromatic heterocycles. The van der Waals surface area contributed by atoms with E-state index in [0.29, 0.717) is 17.9 Å². The molecule has 0 saturated heterocycles. The maximum Gasteiger partial charge on any atom is 0.130 e. The molecule has 4 nitrogen and oxygen atoms in total. The minimum atomic E-state index is -0.241. The van der Waals surface area contributed by atoms with Crippen LogP contribution in [-0.2, 0) is 6.61 Å². The summed E-state index contributed by atoms with van der Waals surface area (Å²) in [6.07, 6.45) is 1.64. The number of ether oxygens (including phenoxy) is 1. The number of nitrogens with one attached hydrogen (secondary N) is 1. The fourth-order valence-corrected chi connectivity index (χ4v) is 1.51. The average Bonchev–Trinajstić information content (AvgIpc) is 2.40. The van der Waals surface area contributed by atoms with Gasteiger partial charge in [0, 0.05) is 6.20 Å². The van der Waals surface area contributed by atoms with Gasteiger partial charge in [0.15, 0.2) is 0 Å². The van der Waals surface area contributed by atoms with Gasteiger partial charge in [0.05, 0.1) is 11.4 Å². The number of aromatic nitrogens is 1. The number of nitrogen functional groups attached to an aromatic ring is 1. The van der Waals surface area contributed by atoms with Crippen molar-refractivity contribution in [2.45, 2.75) is 13.5 Å². The van der Waals surface area contributed by atoms with Crippen LogP contribution in [0.5, 0.6) is 5.75 Å². The lowest BCUT2D eigenvalue weighted by atomic mass is 10.2. The lowest BCUT2D eigenvalue weighted by Gasteiger charge is -2.08. The predicted octanol–water partition coefficient (Wildman–Crippen LogP) is 2.39. The van der Waals surface area contributed by atoms with E-state index in [-0.39, 0.29) is 5.82 Å². The molecule has 18 heavy (non-hydrogen) atoms. The van der Waals surface area contributed by atoms with Gasteiger partial charge in [0.2, 0.25) is 0 Å². The van der Waals surface area contributed by atoms with Gasteiger partial charge in [0.25, 0.3) is 0 Å². The largest absolute Gasteiger partial charge is 0.487 e. The molecule has 0 fully saturated rings. The first-order valence-corrected chi connectivity index (χ1v) is 5.49. The van der Waals surface area contributed by atoms with Crippen LogP contribution in [0, 0.1) is 12.7 Å². The average molecular weight is 247 g/mol. The molecule has 1 heterocycles. The number of nitrogens with zero attached hydrogens (tertiary/aromatic N) is 1. The Kier molecular flexibility index (Phi) is 3.74. The molecule has 94 valence electrons. The Bertz CT molecular complexity index is 546. The Morgan fingerprint density at radius 3 is 2.89 bits per heavy atom. The predicted molar refractivity (Wildman–Crippen MR) is 67.5 cm³/mol. The van der Waals surface area contributed by atoms with Crippen molar-refractivity contribution in [1.82, 2.24) is 4.98 Å². The molecule has 0 unspecified atom stereocenters. The van der Waals surface area contributed by atoms with E-state index in [1.807, 2.05) is 0 Å². The van der Waals surface area contributed by atoms with Crippen molar-refractivity contribution in [2.24, 2.45) is 5.84 Å². The molecule has 0 spiro atoms. The number of hydrazine groups is 1. The van der Waals surface area contributed by atoms with E-state index in [1.54, 1.807) is 37.4 Å². The highest BCUT2D eigenvalue weighted by Crippen LogP contribution is 2.17. The minimum absolute atomic E-state index is 0.241. The number of anilines is 1. The minimum Gasteiger partial charge on any atom is -0.487 e. The molecule has 0 amide bonds. The summed E-state index contributed by atoms with van der Waals surface area (Å²) in [6, 6.07) is 8.17. The van der Waals surface area contributed by atoms with E-state index < -0.39 is 0 Å². The van der Waals surface area contributed by atoms with Crippen LogP contribution in [0.15, 0.2) is 36.5 Å². The zero-order valence-corrected chi connectivity index (χ0v) is 9.98. The van der Waals surface area contributed by atoms with Gasteiger partial charge in [-0.05, 0) is 42.8 Å². The Morgan fingerprint density at radius 2 is 2.17 bits per heavy atom. The fraction of sp³-hybridized carbons (Fsp3) is 0.154. The molecule has 3 N–H and O–H groups in total. The summed E-state index contributed by atoms with van der Waals surface area (Å²) in [7, 11) is 0. The maximum absolute atomic E-state index is 13.1. The third-order valence-corrected chi connectivity index (χ3v) is 2.50. The number of halogens is 1. The number of hydrogen-bond donors (Lipinski definition) is 2. The van der Waals surface area contributed by atoms with Crippen LogP contribution < -0.4 is 16.0 Å². The van der Waals surface area contributed by atoms with Gasteiger partial charge in [-0.1, -0.05) is 0 Å². The molecule has 0 radical (unpaired) electrons. The Balaban J connectivity index is 2.04. The van der Waals surface area contributed by atoms with Gasteiger partial charge in [0.1, 0.15) is 18.2 Å². The highest BCUT2D eigenvalue weighted by Gasteiger charge is 2.01. The molecular weight excluding hydrogens is 233 g/mol. The van der Waals surface area contributed by atoms with Crippen molar-refractivity contribution in [2.75, 3.05) is 5.43 Å². The second-order valence-electron chi connectivity index (χ2n) is 3.88.